The molecule has 0 aliphatic rings. The number of hydrogen-bond donors (Lipinski definition) is 3. The Kier molecular flexibility index (Phi) is 5.92. The molecule has 0 unspecified atom stereocenters. The van der Waals surface area contributed by atoms with Gasteiger partial charge in [0, 0.05) is 25.2 Å². The van der Waals surface area contributed by atoms with Crippen molar-refractivity contribution in [1.82, 2.24) is 10.6 Å². The fraction of sp³-hybridized carbons (Fsp3) is 0.375. The molecule has 2 rings (SSSR count). The Labute approximate surface area is 124 Å². The molecule has 114 valence electrons. The van der Waals surface area contributed by atoms with E-state index in [2.05, 4.69) is 10.6 Å². The quantitative estimate of drug-likeness (QED) is 0.653. The van der Waals surface area contributed by atoms with Gasteiger partial charge in [0.05, 0.1) is 12.6 Å². The van der Waals surface area contributed by atoms with E-state index in [-0.39, 0.29) is 11.9 Å². The molecule has 21 heavy (non-hydrogen) atoms. The normalized spacial score (nSPS) is 12.5. The van der Waals surface area contributed by atoms with Crippen LogP contribution in [0.5, 0.6) is 0 Å². The third-order valence-corrected chi connectivity index (χ3v) is 3.01. The third kappa shape index (κ3) is 5.30. The smallest absolute Gasteiger partial charge is 0.134 e. The molecule has 1 aromatic carbocycles. The molecule has 0 saturated carbocycles. The first kappa shape index (κ1) is 15.7. The molecule has 1 atom stereocenters. The van der Waals surface area contributed by atoms with Crippen molar-refractivity contribution in [3.05, 3.63) is 48.0 Å². The second kappa shape index (κ2) is 7.93. The number of hydrogen-bond acceptors (Lipinski definition) is 4. The number of halogens is 1. The minimum Gasteiger partial charge on any atom is -0.460 e. The van der Waals surface area contributed by atoms with E-state index < -0.39 is 0 Å². The van der Waals surface area contributed by atoms with Gasteiger partial charge in [0.2, 0.25) is 0 Å². The summed E-state index contributed by atoms with van der Waals surface area (Å²) in [4.78, 5) is 0. The second-order valence-corrected chi connectivity index (χ2v) is 5.00. The monoisotopic (exact) mass is 292 g/mol. The summed E-state index contributed by atoms with van der Waals surface area (Å²) >= 11 is 0. The lowest BCUT2D eigenvalue weighted by Gasteiger charge is -2.07. The number of benzene rings is 1. The van der Waals surface area contributed by atoms with Crippen molar-refractivity contribution >= 4 is 0 Å². The number of furan rings is 1. The fourth-order valence-electron chi connectivity index (χ4n) is 1.94. The van der Waals surface area contributed by atoms with Gasteiger partial charge in [-0.3, -0.25) is 0 Å². The summed E-state index contributed by atoms with van der Waals surface area (Å²) in [6, 6.07) is 10.0. The van der Waals surface area contributed by atoms with Gasteiger partial charge in [0.25, 0.3) is 0 Å². The number of aliphatic hydroxyl groups excluding tert-OH is 1. The summed E-state index contributed by atoms with van der Waals surface area (Å²) in [5.41, 5.74) is 0.862. The maximum Gasteiger partial charge on any atom is 0.134 e. The zero-order chi connectivity index (χ0) is 15.1. The SMILES string of the molecule is C[C@H](O)CNCCNCc1ccc(-c2ccc(F)cc2)o1. The first-order valence-electron chi connectivity index (χ1n) is 7.09. The molecule has 0 bridgehead atoms. The molecule has 0 fully saturated rings. The summed E-state index contributed by atoms with van der Waals surface area (Å²) in [6.45, 7) is 4.56. The molecule has 5 heteroatoms. The van der Waals surface area contributed by atoms with E-state index >= 15 is 0 Å². The summed E-state index contributed by atoms with van der Waals surface area (Å²) in [5.74, 6) is 1.32. The molecule has 2 aromatic rings. The van der Waals surface area contributed by atoms with Crippen LogP contribution in [-0.2, 0) is 6.54 Å². The van der Waals surface area contributed by atoms with Crippen molar-refractivity contribution in [3.8, 4) is 11.3 Å². The number of nitrogens with one attached hydrogen (secondary N) is 2. The molecule has 0 saturated heterocycles. The maximum absolute atomic E-state index is 12.9. The van der Waals surface area contributed by atoms with Crippen LogP contribution in [0.4, 0.5) is 4.39 Å². The average molecular weight is 292 g/mol. The highest BCUT2D eigenvalue weighted by molar-refractivity contribution is 5.57. The second-order valence-electron chi connectivity index (χ2n) is 5.00. The van der Waals surface area contributed by atoms with E-state index in [0.717, 1.165) is 30.2 Å². The van der Waals surface area contributed by atoms with E-state index in [0.29, 0.717) is 13.1 Å². The van der Waals surface area contributed by atoms with Gasteiger partial charge in [0.15, 0.2) is 0 Å². The van der Waals surface area contributed by atoms with Crippen molar-refractivity contribution in [3.63, 3.8) is 0 Å². The van der Waals surface area contributed by atoms with Crippen LogP contribution in [0.3, 0.4) is 0 Å². The first-order chi connectivity index (χ1) is 10.1. The van der Waals surface area contributed by atoms with Gasteiger partial charge < -0.3 is 20.2 Å². The van der Waals surface area contributed by atoms with Crippen LogP contribution < -0.4 is 10.6 Å². The van der Waals surface area contributed by atoms with Gasteiger partial charge in [-0.1, -0.05) is 0 Å². The zero-order valence-corrected chi connectivity index (χ0v) is 12.1. The summed E-state index contributed by atoms with van der Waals surface area (Å²) < 4.78 is 18.6. The molecule has 1 heterocycles. The minimum absolute atomic E-state index is 0.253. The van der Waals surface area contributed by atoms with Crippen molar-refractivity contribution < 1.29 is 13.9 Å². The topological polar surface area (TPSA) is 57.4 Å². The van der Waals surface area contributed by atoms with Gasteiger partial charge in [-0.15, -0.1) is 0 Å². The Bertz CT molecular complexity index is 537. The Morgan fingerprint density at radius 2 is 1.81 bits per heavy atom. The molecule has 0 radical (unpaired) electrons. The van der Waals surface area contributed by atoms with Crippen molar-refractivity contribution in [1.29, 1.82) is 0 Å². The molecular formula is C16H21FN2O2. The predicted molar refractivity (Wildman–Crippen MR) is 80.4 cm³/mol. The molecule has 0 aliphatic carbocycles. The summed E-state index contributed by atoms with van der Waals surface area (Å²) in [7, 11) is 0. The zero-order valence-electron chi connectivity index (χ0n) is 12.1. The van der Waals surface area contributed by atoms with Gasteiger partial charge in [-0.2, -0.15) is 0 Å². The minimum atomic E-state index is -0.326. The lowest BCUT2D eigenvalue weighted by molar-refractivity contribution is 0.191. The van der Waals surface area contributed by atoms with Gasteiger partial charge in [-0.05, 0) is 43.3 Å². The molecule has 1 aromatic heterocycles. The largest absolute Gasteiger partial charge is 0.460 e. The van der Waals surface area contributed by atoms with Crippen LogP contribution in [0.2, 0.25) is 0 Å². The average Bonchev–Trinajstić information content (AvgIpc) is 2.92. The highest BCUT2D eigenvalue weighted by Crippen LogP contribution is 2.22. The molecule has 4 nitrogen and oxygen atoms in total. The van der Waals surface area contributed by atoms with Crippen LogP contribution in [0.25, 0.3) is 11.3 Å². The molecule has 0 aliphatic heterocycles. The van der Waals surface area contributed by atoms with E-state index in [1.165, 1.54) is 12.1 Å². The fourth-order valence-corrected chi connectivity index (χ4v) is 1.94. The van der Waals surface area contributed by atoms with Crippen LogP contribution in [-0.4, -0.2) is 30.8 Å². The Morgan fingerprint density at radius 1 is 1.10 bits per heavy atom. The Morgan fingerprint density at radius 3 is 2.52 bits per heavy atom. The molecule has 3 N–H and O–H groups in total. The molecular weight excluding hydrogens is 271 g/mol. The lowest BCUT2D eigenvalue weighted by atomic mass is 10.2. The standard InChI is InChI=1S/C16H21FN2O2/c1-12(20)10-18-8-9-19-11-15-6-7-16(21-15)13-2-4-14(17)5-3-13/h2-7,12,18-20H,8-11H2,1H3/t12-/m0/s1. The lowest BCUT2D eigenvalue weighted by Crippen LogP contribution is -2.31. The first-order valence-corrected chi connectivity index (χ1v) is 7.09. The van der Waals surface area contributed by atoms with Crippen molar-refractivity contribution in [2.75, 3.05) is 19.6 Å². The van der Waals surface area contributed by atoms with Crippen LogP contribution in [0.1, 0.15) is 12.7 Å². The number of rotatable bonds is 8. The van der Waals surface area contributed by atoms with E-state index in [1.54, 1.807) is 19.1 Å². The van der Waals surface area contributed by atoms with Crippen LogP contribution in [0.15, 0.2) is 40.8 Å². The van der Waals surface area contributed by atoms with Crippen LogP contribution in [0, 0.1) is 5.82 Å². The van der Waals surface area contributed by atoms with Crippen molar-refractivity contribution in [2.24, 2.45) is 0 Å². The Balaban J connectivity index is 1.74. The summed E-state index contributed by atoms with van der Waals surface area (Å²) in [5, 5.41) is 15.5. The highest BCUT2D eigenvalue weighted by atomic mass is 19.1. The number of aliphatic hydroxyl groups is 1. The van der Waals surface area contributed by atoms with Gasteiger partial charge in [0.1, 0.15) is 17.3 Å². The predicted octanol–water partition coefficient (Wildman–Crippen LogP) is 2.15. The molecule has 0 amide bonds. The van der Waals surface area contributed by atoms with Crippen molar-refractivity contribution in [2.45, 2.75) is 19.6 Å². The summed E-state index contributed by atoms with van der Waals surface area (Å²) in [6.07, 6.45) is -0.326. The van der Waals surface area contributed by atoms with Gasteiger partial charge in [-0.25, -0.2) is 4.39 Å². The van der Waals surface area contributed by atoms with E-state index in [4.69, 9.17) is 9.52 Å². The van der Waals surface area contributed by atoms with Gasteiger partial charge >= 0.3 is 0 Å². The highest BCUT2D eigenvalue weighted by Gasteiger charge is 2.04. The van der Waals surface area contributed by atoms with E-state index in [1.807, 2.05) is 12.1 Å². The molecule has 0 spiro atoms. The van der Waals surface area contributed by atoms with Crippen LogP contribution >= 0.6 is 0 Å². The third-order valence-electron chi connectivity index (χ3n) is 3.01. The van der Waals surface area contributed by atoms with E-state index in [9.17, 15) is 4.39 Å². The Hall–Kier alpha value is -1.69. The maximum atomic E-state index is 12.9.